The number of nitrogens with zero attached hydrogens (tertiary/aromatic N) is 4. The summed E-state index contributed by atoms with van der Waals surface area (Å²) < 4.78 is 30.2. The molecule has 5 aromatic rings. The van der Waals surface area contributed by atoms with Crippen LogP contribution >= 0.6 is 0 Å². The summed E-state index contributed by atoms with van der Waals surface area (Å²) in [5.74, 6) is 0.466. The Morgan fingerprint density at radius 3 is 2.06 bits per heavy atom. The van der Waals surface area contributed by atoms with Gasteiger partial charge in [0.05, 0.1) is 27.8 Å². The van der Waals surface area contributed by atoms with Crippen LogP contribution in [-0.4, -0.2) is 28.2 Å². The average Bonchev–Trinajstić information content (AvgIpc) is 3.33. The molecule has 3 aromatic carbocycles. The van der Waals surface area contributed by atoms with Gasteiger partial charge in [-0.25, -0.2) is 23.1 Å². The van der Waals surface area contributed by atoms with E-state index in [0.717, 1.165) is 11.3 Å². The number of nitrogens with one attached hydrogen (secondary N) is 2. The van der Waals surface area contributed by atoms with E-state index in [0.29, 0.717) is 23.4 Å². The molecule has 8 nitrogen and oxygen atoms in total. The smallest absolute Gasteiger partial charge is 0.263 e. The van der Waals surface area contributed by atoms with E-state index in [9.17, 15) is 8.42 Å². The number of hydrogen-bond donors (Lipinski definition) is 2. The third-order valence-corrected chi connectivity index (χ3v) is 6.33. The van der Waals surface area contributed by atoms with Gasteiger partial charge >= 0.3 is 0 Å². The third-order valence-electron chi connectivity index (χ3n) is 4.97. The highest BCUT2D eigenvalue weighted by Crippen LogP contribution is 2.25. The van der Waals surface area contributed by atoms with Gasteiger partial charge in [-0.15, -0.1) is 0 Å². The third kappa shape index (κ3) is 4.53. The number of rotatable bonds is 7. The van der Waals surface area contributed by atoms with Gasteiger partial charge in [-0.2, -0.15) is 5.10 Å². The molecule has 0 aliphatic rings. The molecule has 0 atom stereocenters. The van der Waals surface area contributed by atoms with E-state index in [1.807, 2.05) is 54.7 Å². The van der Waals surface area contributed by atoms with Crippen LogP contribution in [0, 0.1) is 0 Å². The first kappa shape index (κ1) is 20.7. The fourth-order valence-electron chi connectivity index (χ4n) is 3.34. The Morgan fingerprint density at radius 1 is 0.758 bits per heavy atom. The standard InChI is InChI=1S/C24H20N6O2S/c31-33(32,20-11-5-2-6-12-20)29-24-23(27-21-13-7-8-14-22(21)28-24)25-15-18-16-26-30(17-18)19-9-3-1-4-10-19/h1-14,16-17H,15H2,(H,25,27)(H,28,29). The molecular formula is C24H20N6O2S. The molecule has 0 fully saturated rings. The summed E-state index contributed by atoms with van der Waals surface area (Å²) in [6.07, 6.45) is 3.66. The highest BCUT2D eigenvalue weighted by Gasteiger charge is 2.18. The van der Waals surface area contributed by atoms with Gasteiger partial charge in [-0.3, -0.25) is 4.72 Å². The Balaban J connectivity index is 1.44. The second-order valence-electron chi connectivity index (χ2n) is 7.31. The summed E-state index contributed by atoms with van der Waals surface area (Å²) in [5.41, 5.74) is 3.10. The topological polar surface area (TPSA) is 102 Å². The van der Waals surface area contributed by atoms with Crippen molar-refractivity contribution in [1.29, 1.82) is 0 Å². The van der Waals surface area contributed by atoms with Crippen LogP contribution in [0.2, 0.25) is 0 Å². The minimum atomic E-state index is -3.83. The normalized spacial score (nSPS) is 11.4. The lowest BCUT2D eigenvalue weighted by Gasteiger charge is -2.13. The van der Waals surface area contributed by atoms with E-state index < -0.39 is 10.0 Å². The predicted octanol–water partition coefficient (Wildman–Crippen LogP) is 4.23. The van der Waals surface area contributed by atoms with Gasteiger partial charge < -0.3 is 5.32 Å². The van der Waals surface area contributed by atoms with Crippen LogP contribution < -0.4 is 10.0 Å². The summed E-state index contributed by atoms with van der Waals surface area (Å²) in [5, 5.41) is 7.61. The maximum atomic E-state index is 12.9. The van der Waals surface area contributed by atoms with E-state index in [1.165, 1.54) is 12.1 Å². The van der Waals surface area contributed by atoms with Crippen molar-refractivity contribution in [3.63, 3.8) is 0 Å². The van der Waals surface area contributed by atoms with Crippen molar-refractivity contribution in [1.82, 2.24) is 19.7 Å². The minimum absolute atomic E-state index is 0.132. The van der Waals surface area contributed by atoms with E-state index in [1.54, 1.807) is 35.1 Å². The quantitative estimate of drug-likeness (QED) is 0.380. The van der Waals surface area contributed by atoms with Crippen LogP contribution in [0.1, 0.15) is 5.56 Å². The molecule has 2 heterocycles. The highest BCUT2D eigenvalue weighted by molar-refractivity contribution is 7.92. The first-order chi connectivity index (χ1) is 16.1. The molecular weight excluding hydrogens is 436 g/mol. The van der Waals surface area contributed by atoms with Crippen LogP contribution in [0.3, 0.4) is 0 Å². The second kappa shape index (κ2) is 8.71. The molecule has 0 aliphatic heterocycles. The summed E-state index contributed by atoms with van der Waals surface area (Å²) >= 11 is 0. The van der Waals surface area contributed by atoms with Crippen molar-refractivity contribution < 1.29 is 8.42 Å². The fraction of sp³-hybridized carbons (Fsp3) is 0.0417. The molecule has 0 spiro atoms. The largest absolute Gasteiger partial charge is 0.363 e. The minimum Gasteiger partial charge on any atom is -0.363 e. The van der Waals surface area contributed by atoms with E-state index in [4.69, 9.17) is 0 Å². The molecule has 0 saturated carbocycles. The van der Waals surface area contributed by atoms with Crippen molar-refractivity contribution in [3.05, 3.63) is 103 Å². The Bertz CT molecular complexity index is 1500. The van der Waals surface area contributed by atoms with Gasteiger partial charge in [0.2, 0.25) is 0 Å². The van der Waals surface area contributed by atoms with Crippen LogP contribution in [0.4, 0.5) is 11.6 Å². The summed E-state index contributed by atoms with van der Waals surface area (Å²) in [6, 6.07) is 25.3. The highest BCUT2D eigenvalue weighted by atomic mass is 32.2. The maximum Gasteiger partial charge on any atom is 0.263 e. The lowest BCUT2D eigenvalue weighted by atomic mass is 10.3. The van der Waals surface area contributed by atoms with Crippen molar-refractivity contribution in [2.45, 2.75) is 11.4 Å². The molecule has 0 aliphatic carbocycles. The van der Waals surface area contributed by atoms with Gasteiger partial charge in [0.25, 0.3) is 10.0 Å². The molecule has 0 bridgehead atoms. The van der Waals surface area contributed by atoms with Crippen molar-refractivity contribution in [2.75, 3.05) is 10.0 Å². The van der Waals surface area contributed by atoms with Gasteiger partial charge in [0.1, 0.15) is 0 Å². The number of para-hydroxylation sites is 3. The molecule has 33 heavy (non-hydrogen) atoms. The van der Waals surface area contributed by atoms with Gasteiger partial charge in [0, 0.05) is 18.3 Å². The number of anilines is 2. The molecule has 0 radical (unpaired) electrons. The SMILES string of the molecule is O=S(=O)(Nc1nc2ccccc2nc1NCc1cnn(-c2ccccc2)c1)c1ccccc1. The Kier molecular flexibility index (Phi) is 5.45. The van der Waals surface area contributed by atoms with Crippen LogP contribution in [0.25, 0.3) is 16.7 Å². The molecule has 0 amide bonds. The van der Waals surface area contributed by atoms with Crippen LogP contribution in [0.5, 0.6) is 0 Å². The molecule has 2 aromatic heterocycles. The number of sulfonamides is 1. The molecule has 5 rings (SSSR count). The molecule has 9 heteroatoms. The van der Waals surface area contributed by atoms with Crippen molar-refractivity contribution in [3.8, 4) is 5.69 Å². The van der Waals surface area contributed by atoms with Gasteiger partial charge in [-0.05, 0) is 36.4 Å². The fourth-order valence-corrected chi connectivity index (χ4v) is 4.37. The number of fused-ring (bicyclic) bond motifs is 1. The van der Waals surface area contributed by atoms with Crippen molar-refractivity contribution >= 4 is 32.7 Å². The number of hydrogen-bond acceptors (Lipinski definition) is 6. The Hall–Kier alpha value is -4.24. The molecule has 0 unspecified atom stereocenters. The molecule has 2 N–H and O–H groups in total. The number of benzene rings is 3. The zero-order chi connectivity index (χ0) is 22.7. The lowest BCUT2D eigenvalue weighted by molar-refractivity contribution is 0.601. The van der Waals surface area contributed by atoms with E-state index in [2.05, 4.69) is 25.1 Å². The summed E-state index contributed by atoms with van der Waals surface area (Å²) in [7, 11) is -3.83. The maximum absolute atomic E-state index is 12.9. The molecule has 0 saturated heterocycles. The number of aromatic nitrogens is 4. The van der Waals surface area contributed by atoms with Crippen LogP contribution in [-0.2, 0) is 16.6 Å². The van der Waals surface area contributed by atoms with E-state index >= 15 is 0 Å². The Morgan fingerprint density at radius 2 is 1.36 bits per heavy atom. The van der Waals surface area contributed by atoms with Crippen LogP contribution in [0.15, 0.2) is 102 Å². The monoisotopic (exact) mass is 456 g/mol. The zero-order valence-electron chi connectivity index (χ0n) is 17.5. The predicted molar refractivity (Wildman–Crippen MR) is 128 cm³/mol. The average molecular weight is 457 g/mol. The Labute approximate surface area is 191 Å². The summed E-state index contributed by atoms with van der Waals surface area (Å²) in [4.78, 5) is 9.27. The first-order valence-electron chi connectivity index (χ1n) is 10.3. The lowest BCUT2D eigenvalue weighted by Crippen LogP contribution is -2.16. The molecule has 164 valence electrons. The van der Waals surface area contributed by atoms with Crippen molar-refractivity contribution in [2.24, 2.45) is 0 Å². The second-order valence-corrected chi connectivity index (χ2v) is 8.99. The first-order valence-corrected chi connectivity index (χ1v) is 11.7. The summed E-state index contributed by atoms with van der Waals surface area (Å²) in [6.45, 7) is 0.389. The van der Waals surface area contributed by atoms with Gasteiger partial charge in [0.15, 0.2) is 11.6 Å². The van der Waals surface area contributed by atoms with Gasteiger partial charge in [-0.1, -0.05) is 48.5 Å². The van der Waals surface area contributed by atoms with E-state index in [-0.39, 0.29) is 10.7 Å². The zero-order valence-corrected chi connectivity index (χ0v) is 18.3.